The number of nitrogens with one attached hydrogen (secondary N) is 1. The molecule has 1 unspecified atom stereocenters. The molecule has 0 radical (unpaired) electrons. The number of esters is 1. The Morgan fingerprint density at radius 1 is 0.875 bits per heavy atom. The number of methoxy groups -OCH3 is 1. The highest BCUT2D eigenvalue weighted by molar-refractivity contribution is 7.95. The van der Waals surface area contributed by atoms with E-state index in [1.54, 1.807) is 6.92 Å². The number of hydrogen-bond acceptors (Lipinski definition) is 7. The molecule has 2 aliphatic heterocycles. The predicted molar refractivity (Wildman–Crippen MR) is 125 cm³/mol. The Hall–Kier alpha value is -2.13. The highest BCUT2D eigenvalue weighted by Crippen LogP contribution is 2.46. The molecule has 1 atom stereocenters. The Bertz CT molecular complexity index is 1250. The van der Waals surface area contributed by atoms with Gasteiger partial charge in [0.25, 0.3) is 0 Å². The lowest BCUT2D eigenvalue weighted by molar-refractivity contribution is -0.136. The molecule has 9 heteroatoms. The number of ether oxygens (including phenoxy) is 1. The summed E-state index contributed by atoms with van der Waals surface area (Å²) in [5.41, 5.74) is 6.37. The Morgan fingerprint density at radius 2 is 1.41 bits per heavy atom. The van der Waals surface area contributed by atoms with Crippen LogP contribution in [0.5, 0.6) is 0 Å². The van der Waals surface area contributed by atoms with Crippen molar-refractivity contribution >= 4 is 25.6 Å². The van der Waals surface area contributed by atoms with Crippen molar-refractivity contribution in [2.24, 2.45) is 0 Å². The fourth-order valence-corrected chi connectivity index (χ4v) is 8.35. The molecule has 0 bridgehead atoms. The number of allylic oxidation sites excluding steroid dienone is 2. The maximum Gasteiger partial charge on any atom is 0.336 e. The second kappa shape index (κ2) is 8.33. The highest BCUT2D eigenvalue weighted by atomic mass is 32.2. The van der Waals surface area contributed by atoms with Crippen LogP contribution >= 0.6 is 0 Å². The van der Waals surface area contributed by atoms with Gasteiger partial charge < -0.3 is 10.1 Å². The minimum atomic E-state index is -3.85. The Kier molecular flexibility index (Phi) is 6.38. The second-order valence-electron chi connectivity index (χ2n) is 8.73. The third-order valence-electron chi connectivity index (χ3n) is 6.91. The van der Waals surface area contributed by atoms with Crippen molar-refractivity contribution in [1.29, 1.82) is 0 Å². The number of sulfone groups is 2. The molecule has 32 heavy (non-hydrogen) atoms. The van der Waals surface area contributed by atoms with E-state index in [1.807, 2.05) is 34.6 Å². The molecule has 0 spiro atoms. The molecule has 7 nitrogen and oxygen atoms in total. The SMILES string of the molecule is COC(=O)C1=C(C)NC2=C(C1c1c(C)c(C)c(C)c(C)c1C)S(=O)(=O)CCCS(=O)(=O)C2. The first-order valence-electron chi connectivity index (χ1n) is 10.5. The van der Waals surface area contributed by atoms with Gasteiger partial charge in [-0.1, -0.05) is 0 Å². The van der Waals surface area contributed by atoms with Crippen LogP contribution in [0.1, 0.15) is 52.6 Å². The predicted octanol–water partition coefficient (Wildman–Crippen LogP) is 2.81. The lowest BCUT2D eigenvalue weighted by Crippen LogP contribution is -2.38. The third-order valence-corrected chi connectivity index (χ3v) is 10.5. The zero-order chi connectivity index (χ0) is 24.2. The molecule has 1 aromatic rings. The lowest BCUT2D eigenvalue weighted by atomic mass is 9.78. The van der Waals surface area contributed by atoms with Crippen LogP contribution in [0.2, 0.25) is 0 Å². The molecule has 0 aliphatic carbocycles. The van der Waals surface area contributed by atoms with Crippen LogP contribution in [0.15, 0.2) is 21.9 Å². The van der Waals surface area contributed by atoms with Gasteiger partial charge in [0.05, 0.1) is 40.8 Å². The topological polar surface area (TPSA) is 107 Å². The summed E-state index contributed by atoms with van der Waals surface area (Å²) in [6.07, 6.45) is 0.0222. The van der Waals surface area contributed by atoms with Gasteiger partial charge in [-0.3, -0.25) is 0 Å². The molecule has 2 heterocycles. The maximum absolute atomic E-state index is 13.5. The van der Waals surface area contributed by atoms with Crippen LogP contribution < -0.4 is 5.32 Å². The van der Waals surface area contributed by atoms with Crippen molar-refractivity contribution < 1.29 is 26.4 Å². The van der Waals surface area contributed by atoms with Crippen LogP contribution in [0, 0.1) is 34.6 Å². The van der Waals surface area contributed by atoms with Gasteiger partial charge >= 0.3 is 5.97 Å². The minimum Gasteiger partial charge on any atom is -0.466 e. The molecular formula is C23H31NO6S2. The van der Waals surface area contributed by atoms with Crippen molar-refractivity contribution in [1.82, 2.24) is 5.32 Å². The largest absolute Gasteiger partial charge is 0.466 e. The van der Waals surface area contributed by atoms with Gasteiger partial charge in [0, 0.05) is 11.4 Å². The zero-order valence-electron chi connectivity index (χ0n) is 19.7. The van der Waals surface area contributed by atoms with Crippen molar-refractivity contribution in [3.63, 3.8) is 0 Å². The van der Waals surface area contributed by atoms with Crippen LogP contribution in [0.3, 0.4) is 0 Å². The van der Waals surface area contributed by atoms with E-state index in [0.29, 0.717) is 5.70 Å². The summed E-state index contributed by atoms with van der Waals surface area (Å²) in [6, 6.07) is 0. The average Bonchev–Trinajstić information content (AvgIpc) is 2.68. The Morgan fingerprint density at radius 3 is 1.94 bits per heavy atom. The van der Waals surface area contributed by atoms with Crippen molar-refractivity contribution in [3.8, 4) is 0 Å². The molecule has 0 amide bonds. The first-order chi connectivity index (χ1) is 14.7. The lowest BCUT2D eigenvalue weighted by Gasteiger charge is -2.35. The molecular weight excluding hydrogens is 450 g/mol. The quantitative estimate of drug-likeness (QED) is 0.647. The monoisotopic (exact) mass is 481 g/mol. The number of dihydropyridines is 1. The van der Waals surface area contributed by atoms with Crippen molar-refractivity contribution in [2.45, 2.75) is 53.9 Å². The van der Waals surface area contributed by atoms with E-state index in [1.165, 1.54) is 7.11 Å². The van der Waals surface area contributed by atoms with Crippen LogP contribution in [0.4, 0.5) is 0 Å². The van der Waals surface area contributed by atoms with Gasteiger partial charge in [0.15, 0.2) is 19.7 Å². The van der Waals surface area contributed by atoms with E-state index in [-0.39, 0.29) is 34.1 Å². The summed E-state index contributed by atoms with van der Waals surface area (Å²) in [6.45, 7) is 11.5. The van der Waals surface area contributed by atoms with Gasteiger partial charge in [-0.15, -0.1) is 0 Å². The van der Waals surface area contributed by atoms with Crippen LogP contribution in [-0.4, -0.2) is 47.2 Å². The van der Waals surface area contributed by atoms with Crippen LogP contribution in [0.25, 0.3) is 0 Å². The number of rotatable bonds is 2. The van der Waals surface area contributed by atoms with Crippen molar-refractivity contribution in [2.75, 3.05) is 24.4 Å². The molecule has 0 fully saturated rings. The standard InChI is InChI=1S/C23H31NO6S2/c1-12-13(2)15(4)19(16(5)14(12)3)21-20(23(25)30-7)17(6)24-18-11-31(26,27)9-8-10-32(28,29)22(18)21/h21,24H,8-11H2,1-7H3. The summed E-state index contributed by atoms with van der Waals surface area (Å²) in [5, 5.41) is 2.94. The van der Waals surface area contributed by atoms with Gasteiger partial charge in [0.2, 0.25) is 0 Å². The normalized spacial score (nSPS) is 22.5. The average molecular weight is 482 g/mol. The van der Waals surface area contributed by atoms with E-state index in [2.05, 4.69) is 5.32 Å². The summed E-state index contributed by atoms with van der Waals surface area (Å²) in [5.74, 6) is -2.47. The fraction of sp³-hybridized carbons (Fsp3) is 0.522. The van der Waals surface area contributed by atoms with Crippen molar-refractivity contribution in [3.05, 3.63) is 55.3 Å². The minimum absolute atomic E-state index is 0.0222. The Balaban J connectivity index is 2.50. The smallest absolute Gasteiger partial charge is 0.336 e. The fourth-order valence-electron chi connectivity index (χ4n) is 4.84. The summed E-state index contributed by atoms with van der Waals surface area (Å²) < 4.78 is 57.4. The molecule has 0 aromatic heterocycles. The molecule has 0 saturated heterocycles. The third kappa shape index (κ3) is 4.01. The highest BCUT2D eigenvalue weighted by Gasteiger charge is 2.43. The number of hydrogen-bond donors (Lipinski definition) is 1. The summed E-state index contributed by atoms with van der Waals surface area (Å²) >= 11 is 0. The first-order valence-corrected chi connectivity index (χ1v) is 14.0. The second-order valence-corrected chi connectivity index (χ2v) is 13.0. The van der Waals surface area contributed by atoms with E-state index >= 15 is 0 Å². The molecule has 0 saturated carbocycles. The van der Waals surface area contributed by atoms with E-state index in [4.69, 9.17) is 4.74 Å². The van der Waals surface area contributed by atoms with Crippen LogP contribution in [-0.2, 0) is 29.2 Å². The number of carbonyl (C=O) groups excluding carboxylic acids is 1. The van der Waals surface area contributed by atoms with E-state index in [0.717, 1.165) is 33.4 Å². The van der Waals surface area contributed by atoms with Gasteiger partial charge in [0.1, 0.15) is 0 Å². The summed E-state index contributed by atoms with van der Waals surface area (Å²) in [7, 11) is -6.09. The molecule has 1 N–H and O–H groups in total. The van der Waals surface area contributed by atoms with Gasteiger partial charge in [-0.2, -0.15) is 0 Å². The number of benzene rings is 1. The Labute approximate surface area is 190 Å². The first kappa shape index (κ1) is 24.5. The molecule has 176 valence electrons. The van der Waals surface area contributed by atoms with E-state index in [9.17, 15) is 21.6 Å². The molecule has 2 aliphatic rings. The van der Waals surface area contributed by atoms with E-state index < -0.39 is 37.3 Å². The maximum atomic E-state index is 13.5. The number of carbonyl (C=O) groups is 1. The van der Waals surface area contributed by atoms with Gasteiger partial charge in [-0.25, -0.2) is 21.6 Å². The summed E-state index contributed by atoms with van der Waals surface area (Å²) in [4.78, 5) is 12.9. The molecule has 3 rings (SSSR count). The van der Waals surface area contributed by atoms with Gasteiger partial charge in [-0.05, 0) is 81.3 Å². The molecule has 1 aromatic carbocycles. The zero-order valence-corrected chi connectivity index (χ0v) is 21.3.